The lowest BCUT2D eigenvalue weighted by Crippen LogP contribution is -2.36. The number of benzene rings is 2. The van der Waals surface area contributed by atoms with Crippen LogP contribution in [0.5, 0.6) is 5.75 Å². The highest BCUT2D eigenvalue weighted by atomic mass is 16.5. The average Bonchev–Trinajstić information content (AvgIpc) is 2.94. The SMILES string of the molecule is COc1ccc(CCNC(=O)c2cc3c(=O)n4cccc(C)c4nc3n(CCc3ccccc3)c2=N)cc1. The first-order valence-corrected chi connectivity index (χ1v) is 12.5. The molecule has 5 aromatic rings. The fourth-order valence-electron chi connectivity index (χ4n) is 4.58. The van der Waals surface area contributed by atoms with Crippen LogP contribution < -0.4 is 21.1 Å². The minimum Gasteiger partial charge on any atom is -0.497 e. The maximum Gasteiger partial charge on any atom is 0.267 e. The topological polar surface area (TPSA) is 101 Å². The second kappa shape index (κ2) is 10.7. The van der Waals surface area contributed by atoms with Crippen LogP contribution in [0.15, 0.2) is 83.8 Å². The molecule has 3 aromatic heterocycles. The Morgan fingerprint density at radius 3 is 2.45 bits per heavy atom. The van der Waals surface area contributed by atoms with Crippen LogP contribution in [0.1, 0.15) is 27.0 Å². The van der Waals surface area contributed by atoms with E-state index in [9.17, 15) is 9.59 Å². The number of aromatic nitrogens is 3. The molecule has 0 saturated heterocycles. The maximum absolute atomic E-state index is 13.5. The van der Waals surface area contributed by atoms with Crippen LogP contribution in [-0.2, 0) is 19.4 Å². The normalized spacial score (nSPS) is 11.1. The number of ether oxygens (including phenoxy) is 1. The van der Waals surface area contributed by atoms with Crippen molar-refractivity contribution in [2.75, 3.05) is 13.7 Å². The van der Waals surface area contributed by atoms with Crippen molar-refractivity contribution in [3.8, 4) is 5.75 Å². The van der Waals surface area contributed by atoms with Gasteiger partial charge in [-0.15, -0.1) is 0 Å². The molecule has 38 heavy (non-hydrogen) atoms. The van der Waals surface area contributed by atoms with E-state index in [2.05, 4.69) is 5.32 Å². The molecule has 0 spiro atoms. The largest absolute Gasteiger partial charge is 0.497 e. The van der Waals surface area contributed by atoms with Gasteiger partial charge in [0.2, 0.25) is 0 Å². The molecule has 0 atom stereocenters. The highest BCUT2D eigenvalue weighted by Crippen LogP contribution is 2.14. The zero-order chi connectivity index (χ0) is 26.6. The van der Waals surface area contributed by atoms with E-state index < -0.39 is 5.91 Å². The number of aryl methyl sites for hydroxylation is 3. The van der Waals surface area contributed by atoms with E-state index in [0.717, 1.165) is 22.4 Å². The summed E-state index contributed by atoms with van der Waals surface area (Å²) in [6.07, 6.45) is 2.93. The van der Waals surface area contributed by atoms with Crippen molar-refractivity contribution >= 4 is 22.6 Å². The van der Waals surface area contributed by atoms with Gasteiger partial charge in [0.15, 0.2) is 0 Å². The zero-order valence-electron chi connectivity index (χ0n) is 21.4. The van der Waals surface area contributed by atoms with Crippen molar-refractivity contribution in [1.29, 1.82) is 5.41 Å². The number of rotatable bonds is 8. The number of carbonyl (C=O) groups excluding carboxylic acids is 1. The average molecular weight is 508 g/mol. The summed E-state index contributed by atoms with van der Waals surface area (Å²) in [5.41, 5.74) is 3.84. The van der Waals surface area contributed by atoms with E-state index in [1.165, 1.54) is 10.5 Å². The van der Waals surface area contributed by atoms with Crippen molar-refractivity contribution in [3.05, 3.63) is 117 Å². The van der Waals surface area contributed by atoms with Crippen LogP contribution in [-0.4, -0.2) is 33.5 Å². The number of pyridine rings is 2. The van der Waals surface area contributed by atoms with Crippen molar-refractivity contribution in [3.63, 3.8) is 0 Å². The predicted molar refractivity (Wildman–Crippen MR) is 147 cm³/mol. The van der Waals surface area contributed by atoms with Crippen molar-refractivity contribution in [2.24, 2.45) is 0 Å². The Labute approximate surface area is 219 Å². The molecule has 0 fully saturated rings. The van der Waals surface area contributed by atoms with Crippen LogP contribution in [0.2, 0.25) is 0 Å². The summed E-state index contributed by atoms with van der Waals surface area (Å²) in [5, 5.41) is 12.2. The molecule has 3 heterocycles. The molecular formula is C30H29N5O3. The number of hydrogen-bond acceptors (Lipinski definition) is 5. The van der Waals surface area contributed by atoms with E-state index in [1.54, 1.807) is 23.9 Å². The highest BCUT2D eigenvalue weighted by molar-refractivity contribution is 5.96. The van der Waals surface area contributed by atoms with Crippen LogP contribution in [0.4, 0.5) is 0 Å². The number of methoxy groups -OCH3 is 1. The number of amides is 1. The molecule has 0 unspecified atom stereocenters. The fourth-order valence-corrected chi connectivity index (χ4v) is 4.58. The molecule has 0 saturated carbocycles. The highest BCUT2D eigenvalue weighted by Gasteiger charge is 2.18. The van der Waals surface area contributed by atoms with Crippen LogP contribution >= 0.6 is 0 Å². The molecule has 192 valence electrons. The number of nitrogens with one attached hydrogen (secondary N) is 2. The minimum atomic E-state index is -0.396. The summed E-state index contributed by atoms with van der Waals surface area (Å²) in [4.78, 5) is 31.6. The second-order valence-electron chi connectivity index (χ2n) is 9.19. The lowest BCUT2D eigenvalue weighted by molar-refractivity contribution is 0.0951. The lowest BCUT2D eigenvalue weighted by atomic mass is 10.1. The van der Waals surface area contributed by atoms with Crippen LogP contribution in [0.25, 0.3) is 16.7 Å². The van der Waals surface area contributed by atoms with E-state index in [0.29, 0.717) is 42.6 Å². The molecule has 0 radical (unpaired) electrons. The van der Waals surface area contributed by atoms with Crippen molar-refractivity contribution in [2.45, 2.75) is 26.3 Å². The van der Waals surface area contributed by atoms with Gasteiger partial charge in [-0.3, -0.25) is 19.4 Å². The molecular weight excluding hydrogens is 478 g/mol. The number of hydrogen-bond donors (Lipinski definition) is 2. The standard InChI is InChI=1S/C30H29N5O3/c1-20-7-6-17-35-27(20)33-28-25(30(35)37)19-24(26(31)34(28)18-15-21-8-4-3-5-9-21)29(36)32-16-14-22-10-12-23(38-2)13-11-22/h3-13,17,19,31H,14-16,18H2,1-2H3,(H,32,36). The summed E-state index contributed by atoms with van der Waals surface area (Å²) < 4.78 is 8.36. The summed E-state index contributed by atoms with van der Waals surface area (Å²) in [7, 11) is 1.62. The quantitative estimate of drug-likeness (QED) is 0.313. The first kappa shape index (κ1) is 25.0. The van der Waals surface area contributed by atoms with E-state index in [1.807, 2.05) is 67.6 Å². The van der Waals surface area contributed by atoms with E-state index in [-0.39, 0.29) is 16.6 Å². The van der Waals surface area contributed by atoms with Gasteiger partial charge in [0.25, 0.3) is 11.5 Å². The van der Waals surface area contributed by atoms with Crippen molar-refractivity contribution < 1.29 is 9.53 Å². The second-order valence-corrected chi connectivity index (χ2v) is 9.19. The Bertz CT molecular complexity index is 1740. The Balaban J connectivity index is 1.52. The molecule has 0 aliphatic rings. The molecule has 2 N–H and O–H groups in total. The Hall–Kier alpha value is -4.72. The molecule has 0 bridgehead atoms. The fraction of sp³-hybridized carbons (Fsp3) is 0.200. The monoisotopic (exact) mass is 507 g/mol. The molecule has 8 heteroatoms. The molecule has 2 aromatic carbocycles. The smallest absolute Gasteiger partial charge is 0.267 e. The van der Waals surface area contributed by atoms with Gasteiger partial charge in [-0.25, -0.2) is 4.98 Å². The Morgan fingerprint density at radius 2 is 1.71 bits per heavy atom. The number of carbonyl (C=O) groups is 1. The number of nitrogens with zero attached hydrogens (tertiary/aromatic N) is 3. The molecule has 5 rings (SSSR count). The minimum absolute atomic E-state index is 0.0280. The van der Waals surface area contributed by atoms with Gasteiger partial charge >= 0.3 is 0 Å². The molecule has 1 amide bonds. The predicted octanol–water partition coefficient (Wildman–Crippen LogP) is 3.66. The van der Waals surface area contributed by atoms with Gasteiger partial charge in [-0.1, -0.05) is 48.5 Å². The Kier molecular flexibility index (Phi) is 7.04. The zero-order valence-corrected chi connectivity index (χ0v) is 21.4. The van der Waals surface area contributed by atoms with Crippen LogP contribution in [0.3, 0.4) is 0 Å². The van der Waals surface area contributed by atoms with Gasteiger partial charge in [0.1, 0.15) is 22.5 Å². The van der Waals surface area contributed by atoms with E-state index in [4.69, 9.17) is 15.1 Å². The van der Waals surface area contributed by atoms with Gasteiger partial charge in [-0.2, -0.15) is 0 Å². The third-order valence-corrected chi connectivity index (χ3v) is 6.70. The third kappa shape index (κ3) is 4.93. The van der Waals surface area contributed by atoms with Crippen molar-refractivity contribution in [1.82, 2.24) is 19.3 Å². The van der Waals surface area contributed by atoms with E-state index >= 15 is 0 Å². The lowest BCUT2D eigenvalue weighted by Gasteiger charge is -2.15. The maximum atomic E-state index is 13.5. The molecule has 0 aliphatic heterocycles. The van der Waals surface area contributed by atoms with Gasteiger partial charge in [0.05, 0.1) is 18.1 Å². The Morgan fingerprint density at radius 1 is 0.974 bits per heavy atom. The molecule has 8 nitrogen and oxygen atoms in total. The first-order chi connectivity index (χ1) is 18.5. The van der Waals surface area contributed by atoms with Gasteiger partial charge < -0.3 is 14.6 Å². The third-order valence-electron chi connectivity index (χ3n) is 6.70. The number of fused-ring (bicyclic) bond motifs is 2. The summed E-state index contributed by atoms with van der Waals surface area (Å²) in [5.74, 6) is 0.378. The van der Waals surface area contributed by atoms with Crippen LogP contribution in [0, 0.1) is 12.3 Å². The van der Waals surface area contributed by atoms with Gasteiger partial charge in [-0.05, 0) is 60.7 Å². The summed E-state index contributed by atoms with van der Waals surface area (Å²) in [6.45, 7) is 2.69. The summed E-state index contributed by atoms with van der Waals surface area (Å²) in [6, 6.07) is 22.8. The first-order valence-electron chi connectivity index (χ1n) is 12.5. The van der Waals surface area contributed by atoms with Gasteiger partial charge in [0, 0.05) is 19.3 Å². The summed E-state index contributed by atoms with van der Waals surface area (Å²) >= 11 is 0. The molecule has 0 aliphatic carbocycles.